The van der Waals surface area contributed by atoms with Crippen LogP contribution in [-0.2, 0) is 107 Å². The Balaban J connectivity index is 1.04. The van der Waals surface area contributed by atoms with Gasteiger partial charge in [-0.15, -0.1) is 11.3 Å². The van der Waals surface area contributed by atoms with Gasteiger partial charge in [-0.1, -0.05) is 88.2 Å². The number of thiophene rings is 3. The average molecular weight is 2040 g/mol. The number of fused-ring (bicyclic) bond motifs is 4. The first-order chi connectivity index (χ1) is 67.8. The van der Waals surface area contributed by atoms with Gasteiger partial charge in [0.15, 0.2) is 0 Å². The zero-order valence-corrected chi connectivity index (χ0v) is 84.0. The highest BCUT2D eigenvalue weighted by molar-refractivity contribution is 7.17. The zero-order chi connectivity index (χ0) is 104. The highest BCUT2D eigenvalue weighted by Crippen LogP contribution is 2.35. The van der Waals surface area contributed by atoms with E-state index in [1.165, 1.54) is 96.6 Å². The number of carbonyl (C=O) groups is 19. The number of carbonyl (C=O) groups excluding carboxylic acids is 16. The van der Waals surface area contributed by atoms with Crippen LogP contribution in [0.3, 0.4) is 0 Å². The van der Waals surface area contributed by atoms with Crippen molar-refractivity contribution in [3.63, 3.8) is 0 Å². The molecule has 4 aliphatic rings. The Labute approximate surface area is 840 Å². The van der Waals surface area contributed by atoms with Crippen molar-refractivity contribution in [2.75, 3.05) is 32.8 Å². The number of allylic oxidation sites excluding steroid dienone is 3. The van der Waals surface area contributed by atoms with Gasteiger partial charge >= 0.3 is 30.0 Å². The van der Waals surface area contributed by atoms with Gasteiger partial charge in [0.05, 0.1) is 43.1 Å². The van der Waals surface area contributed by atoms with Gasteiger partial charge in [0.2, 0.25) is 82.7 Å². The first-order valence-corrected chi connectivity index (χ1v) is 50.8. The molecule has 143 heavy (non-hydrogen) atoms. The minimum atomic E-state index is -2.12. The molecule has 778 valence electrons. The zero-order valence-electron chi connectivity index (χ0n) is 81.5. The number of nitrogens with one attached hydrogen (secondary N) is 15. The van der Waals surface area contributed by atoms with E-state index < -0.39 is 233 Å². The third kappa shape index (κ3) is 35.4. The molecule has 15 atom stereocenters. The standard InChI is InChI=1S/C98H134N18O24S3/c1-56(80(99)123)101-82(125)66-32-33-77(118)100-38-23-21-30-65-83(126)110-75-52-115(51-74(75)103-67(45-60-34-41-141-53-60)84(127)108-70(86(129)105-66)47-63-55-143-76-31-20-19-29-64(63)76)95(139)140-40-24-18-16-14-12-10-9-11-13-15-17-22-36-98(37-26-39-116(98)58(3)117)93(137)111-71(48-78(119)120)87(130)109-73(50-96(4,5)6)89(132)113-94(138)112-72(49-79(121)122)88(131)107-69(44-59-27-25-28-62(43-59)91(134)135)90(133)114-97(7,8)92(136)102-57(2)81(124)106-68(85(128)104-65)46-61-35-42-142-54-61/h14,16-17,19-20,22,25,27-29,31,34-35,41-43,53-57,65-75,89,103,132H,9-13,15,18,21,23-24,26,30,32-33,36-40,44-52H2,1-8H3,(H2,99,123)(H,100,118)(H,101,125)(H,102,136)(H,104,128)(H,105,129)(H,106,124)(H,107,131)(H,108,127)(H,109,130)(H,110,126)(H,111,137)(H,114,133)(H,119,120)(H,121,122)(H,134,135)(H2,112,113,138)/b16-14+,22-17-/t56-,57-,65-,66-,67-,68-,69-,70-,71-,72-,73-,74?,75+,89?,98-/m0/s1. The minimum Gasteiger partial charge on any atom is -0.481 e. The summed E-state index contributed by atoms with van der Waals surface area (Å²) in [5.41, 5.74) is 2.81. The van der Waals surface area contributed by atoms with Gasteiger partial charge in [0.25, 0.3) is 0 Å². The number of aromatic carboxylic acids is 1. The van der Waals surface area contributed by atoms with Gasteiger partial charge < -0.3 is 115 Å². The summed E-state index contributed by atoms with van der Waals surface area (Å²) in [7, 11) is 0. The molecule has 1 spiro atoms. The second-order valence-corrected chi connectivity index (χ2v) is 40.7. The number of carboxylic acids is 3. The Morgan fingerprint density at radius 3 is 1.82 bits per heavy atom. The van der Waals surface area contributed by atoms with Crippen LogP contribution in [0, 0.1) is 5.41 Å². The van der Waals surface area contributed by atoms with Gasteiger partial charge in [-0.3, -0.25) is 82.0 Å². The van der Waals surface area contributed by atoms with Gasteiger partial charge in [0, 0.05) is 69.5 Å². The number of ether oxygens (including phenoxy) is 1. The van der Waals surface area contributed by atoms with E-state index in [9.17, 15) is 92.3 Å². The van der Waals surface area contributed by atoms with Crippen LogP contribution in [0.15, 0.2) is 112 Å². The lowest BCUT2D eigenvalue weighted by Crippen LogP contribution is -2.64. The van der Waals surface area contributed by atoms with Gasteiger partial charge in [-0.05, 0) is 214 Å². The first-order valence-electron chi connectivity index (χ1n) is 48.0. The van der Waals surface area contributed by atoms with E-state index in [-0.39, 0.29) is 115 Å². The third-order valence-electron chi connectivity index (χ3n) is 25.0. The number of benzene rings is 2. The van der Waals surface area contributed by atoms with Gasteiger partial charge in [-0.2, -0.15) is 22.7 Å². The van der Waals surface area contributed by atoms with E-state index >= 15 is 19.2 Å². The molecular formula is C98H134N18O24S3. The molecule has 3 aromatic heterocycles. The number of hydrogen-bond donors (Lipinski definition) is 20. The number of aliphatic hydroxyl groups is 1. The molecule has 5 aromatic rings. The van der Waals surface area contributed by atoms with E-state index in [0.717, 1.165) is 48.3 Å². The predicted octanol–water partition coefficient (Wildman–Crippen LogP) is 3.51. The summed E-state index contributed by atoms with van der Waals surface area (Å²) in [5.74, 6) is -17.2. The fraction of sp³-hybridized carbons (Fsp3) is 0.541. The number of rotatable bonds is 17. The first kappa shape index (κ1) is 113. The van der Waals surface area contributed by atoms with Crippen LogP contribution in [-0.4, -0.2) is 272 Å². The molecule has 0 saturated carbocycles. The highest BCUT2D eigenvalue weighted by Gasteiger charge is 2.50. The summed E-state index contributed by atoms with van der Waals surface area (Å²) in [6, 6.07) is -4.85. The minimum absolute atomic E-state index is 0.0123. The Morgan fingerprint density at radius 1 is 0.580 bits per heavy atom. The number of hydrogen-bond acceptors (Lipinski definition) is 25. The number of cyclic esters (lactones) is 1. The van der Waals surface area contributed by atoms with Crippen molar-refractivity contribution >= 4 is 157 Å². The van der Waals surface area contributed by atoms with Crippen LogP contribution in [0.4, 0.5) is 9.59 Å². The molecule has 17 amide bonds. The molecular weight excluding hydrogens is 1910 g/mol. The number of likely N-dealkylation sites (tertiary alicyclic amines) is 1. The second-order valence-electron chi connectivity index (χ2n) is 38.2. The Hall–Kier alpha value is -13.3. The Morgan fingerprint density at radius 2 is 1.17 bits per heavy atom. The SMILES string of the molecule is CC(=O)N1CCC[C@]12C/C=C\CCCCCC/C=C/CCCOC(=O)N1CC3N[C@@H](Cc4ccsc4)C(=O)N[C@@H](Cc4csc5ccccc45)C(=O)N[C@H](C(=O)N[C@@H](C)C(N)=O)CCC(=O)NCCCC[C@H](NC(=O)[C@H](Cc4ccsc4)NC(=O)[C@H](C)NC(=O)C(C)(C)NC(=O)[C@H](Cc4cccc(C(=O)O)c4)NC(=O)[C@H](CC(=O)O)NC(=O)NC(O)[C@H](CC(C)(C)C)NC(=O)[C@H](CC(=O)O)NC2=O)C(=O)N[C@@H]3C1. The normalized spacial score (nSPS) is 26.3. The summed E-state index contributed by atoms with van der Waals surface area (Å²) < 4.78 is 6.78. The number of aliphatic carboxylic acids is 2. The molecule has 4 aliphatic heterocycles. The van der Waals surface area contributed by atoms with Crippen molar-refractivity contribution in [2.45, 2.75) is 299 Å². The van der Waals surface area contributed by atoms with Crippen LogP contribution in [0.25, 0.3) is 10.1 Å². The molecule has 42 nitrogen and oxygen atoms in total. The van der Waals surface area contributed by atoms with Crippen molar-refractivity contribution in [1.29, 1.82) is 0 Å². The van der Waals surface area contributed by atoms with Crippen molar-refractivity contribution in [3.05, 3.63) is 140 Å². The molecule has 21 N–H and O–H groups in total. The second kappa shape index (κ2) is 54.3. The molecule has 3 bridgehead atoms. The topological polar surface area (TPSA) is 627 Å². The molecule has 7 heterocycles. The lowest BCUT2D eigenvalue weighted by Gasteiger charge is -2.37. The van der Waals surface area contributed by atoms with Gasteiger partial charge in [-0.25, -0.2) is 14.4 Å². The molecule has 45 heteroatoms. The number of nitrogens with two attached hydrogens (primary N) is 1. The van der Waals surface area contributed by atoms with Crippen LogP contribution in [0.1, 0.15) is 210 Å². The maximum atomic E-state index is 15.6. The summed E-state index contributed by atoms with van der Waals surface area (Å²) in [5, 5.41) is 91.7. The Kier molecular flexibility index (Phi) is 43.0. The molecule has 0 radical (unpaired) electrons. The average Bonchev–Trinajstić information content (AvgIpc) is 1.64. The van der Waals surface area contributed by atoms with E-state index in [0.29, 0.717) is 42.4 Å². The van der Waals surface area contributed by atoms with E-state index in [2.05, 4.69) is 79.8 Å². The van der Waals surface area contributed by atoms with Crippen molar-refractivity contribution in [3.8, 4) is 0 Å². The van der Waals surface area contributed by atoms with E-state index in [1.807, 2.05) is 53.3 Å². The number of amides is 17. The van der Waals surface area contributed by atoms with Crippen LogP contribution in [0.2, 0.25) is 0 Å². The summed E-state index contributed by atoms with van der Waals surface area (Å²) in [6.45, 7) is 11.1. The lowest BCUT2D eigenvalue weighted by molar-refractivity contribution is -0.146. The monoisotopic (exact) mass is 2040 g/mol. The quantitative estimate of drug-likeness (QED) is 0.0592. The van der Waals surface area contributed by atoms with Gasteiger partial charge in [0.1, 0.15) is 71.7 Å². The molecule has 3 saturated heterocycles. The van der Waals surface area contributed by atoms with E-state index in [1.54, 1.807) is 55.1 Å². The van der Waals surface area contributed by atoms with Crippen LogP contribution in [0.5, 0.6) is 0 Å². The lowest BCUT2D eigenvalue weighted by atomic mass is 9.87. The smallest absolute Gasteiger partial charge is 0.409 e. The van der Waals surface area contributed by atoms with Crippen LogP contribution < -0.4 is 85.5 Å². The number of carboxylic acid groups (broad SMARTS) is 3. The molecule has 2 aromatic carbocycles. The third-order valence-corrected chi connectivity index (χ3v) is 27.5. The fourth-order valence-electron chi connectivity index (χ4n) is 17.2. The largest absolute Gasteiger partial charge is 0.481 e. The number of nitrogens with zero attached hydrogens (tertiary/aromatic N) is 2. The van der Waals surface area contributed by atoms with Crippen LogP contribution >= 0.6 is 34.0 Å². The maximum absolute atomic E-state index is 15.6. The van der Waals surface area contributed by atoms with E-state index in [4.69, 9.17) is 10.5 Å². The number of aliphatic hydroxyl groups excluding tert-OH is 1. The summed E-state index contributed by atoms with van der Waals surface area (Å²) in [4.78, 5) is 272. The fourth-order valence-corrected chi connectivity index (χ4v) is 19.6. The van der Waals surface area contributed by atoms with Crippen molar-refractivity contribution in [1.82, 2.24) is 89.6 Å². The molecule has 9 rings (SSSR count). The highest BCUT2D eigenvalue weighted by atomic mass is 32.1. The Bertz CT molecular complexity index is 5390. The molecule has 0 aliphatic carbocycles. The van der Waals surface area contributed by atoms with Crippen molar-refractivity contribution < 1.29 is 116 Å². The molecule has 2 unspecified atom stereocenters. The maximum Gasteiger partial charge on any atom is 0.409 e. The summed E-state index contributed by atoms with van der Waals surface area (Å²) >= 11 is 4.00. The summed E-state index contributed by atoms with van der Waals surface area (Å²) in [6.07, 6.45) is 6.93. The predicted molar refractivity (Wildman–Crippen MR) is 530 cm³/mol. The molecule has 3 fully saturated rings. The van der Waals surface area contributed by atoms with Crippen molar-refractivity contribution in [2.24, 2.45) is 11.1 Å². The number of primary amides is 1. The number of urea groups is 1.